The summed E-state index contributed by atoms with van der Waals surface area (Å²) in [5, 5.41) is 19.4. The van der Waals surface area contributed by atoms with E-state index in [4.69, 9.17) is 9.84 Å². The van der Waals surface area contributed by atoms with Gasteiger partial charge in [0.2, 0.25) is 0 Å². The van der Waals surface area contributed by atoms with Crippen LogP contribution in [0.3, 0.4) is 0 Å². The van der Waals surface area contributed by atoms with E-state index >= 15 is 0 Å². The van der Waals surface area contributed by atoms with Crippen molar-refractivity contribution >= 4 is 11.8 Å². The minimum atomic E-state index is -0.998. The quantitative estimate of drug-likeness (QED) is 0.631. The first-order valence-electron chi connectivity index (χ1n) is 5.78. The molecule has 104 valence electrons. The first kappa shape index (κ1) is 14.7. The molecule has 0 spiro atoms. The average Bonchev–Trinajstić information content (AvgIpc) is 2.34. The number of ether oxygens (including phenoxy) is 1. The molecule has 1 aromatic rings. The summed E-state index contributed by atoms with van der Waals surface area (Å²) in [7, 11) is 0. The Balaban J connectivity index is 2.48. The molecule has 0 aromatic heterocycles. The van der Waals surface area contributed by atoms with E-state index in [-0.39, 0.29) is 24.9 Å². The molecule has 0 saturated heterocycles. The van der Waals surface area contributed by atoms with Crippen molar-refractivity contribution < 1.29 is 19.6 Å². The van der Waals surface area contributed by atoms with Crippen molar-refractivity contribution in [1.82, 2.24) is 4.90 Å². The molecule has 7 nitrogen and oxygen atoms in total. The van der Waals surface area contributed by atoms with Crippen LogP contribution in [0, 0.1) is 10.1 Å². The predicted molar refractivity (Wildman–Crippen MR) is 68.5 cm³/mol. The third-order valence-electron chi connectivity index (χ3n) is 2.52. The maximum Gasteiger partial charge on any atom is 0.407 e. The largest absolute Gasteiger partial charge is 0.492 e. The Bertz CT molecular complexity index is 444. The lowest BCUT2D eigenvalue weighted by atomic mass is 10.3. The first-order valence-corrected chi connectivity index (χ1v) is 5.78. The van der Waals surface area contributed by atoms with E-state index in [1.54, 1.807) is 13.8 Å². The minimum absolute atomic E-state index is 0.0123. The molecule has 1 N–H and O–H groups in total. The standard InChI is InChI=1S/C12H16N2O5/c1-9(2)13(12(15)16)7-8-19-11-5-3-10(4-6-11)14(17)18/h3-6,9H,7-8H2,1-2H3,(H,15,16). The minimum Gasteiger partial charge on any atom is -0.492 e. The van der Waals surface area contributed by atoms with E-state index in [9.17, 15) is 14.9 Å². The van der Waals surface area contributed by atoms with Crippen molar-refractivity contribution in [1.29, 1.82) is 0 Å². The lowest BCUT2D eigenvalue weighted by Gasteiger charge is -2.23. The van der Waals surface area contributed by atoms with Gasteiger partial charge in [0.1, 0.15) is 12.4 Å². The van der Waals surface area contributed by atoms with Crippen molar-refractivity contribution in [3.05, 3.63) is 34.4 Å². The number of carboxylic acid groups (broad SMARTS) is 1. The molecular weight excluding hydrogens is 252 g/mol. The number of benzene rings is 1. The zero-order chi connectivity index (χ0) is 14.4. The summed E-state index contributed by atoms with van der Waals surface area (Å²) in [5.41, 5.74) is -0.0123. The molecule has 1 amide bonds. The van der Waals surface area contributed by atoms with Crippen LogP contribution < -0.4 is 4.74 Å². The number of nitro benzene ring substituents is 1. The lowest BCUT2D eigenvalue weighted by Crippen LogP contribution is -2.38. The van der Waals surface area contributed by atoms with E-state index in [1.807, 2.05) is 0 Å². The molecule has 0 aliphatic heterocycles. The highest BCUT2D eigenvalue weighted by Crippen LogP contribution is 2.17. The number of non-ortho nitro benzene ring substituents is 1. The van der Waals surface area contributed by atoms with Gasteiger partial charge in [-0.3, -0.25) is 10.1 Å². The fourth-order valence-corrected chi connectivity index (χ4v) is 1.50. The number of nitrogens with zero attached hydrogens (tertiary/aromatic N) is 2. The molecule has 0 bridgehead atoms. The maximum atomic E-state index is 10.9. The molecule has 0 saturated carbocycles. The van der Waals surface area contributed by atoms with Crippen LogP contribution in [0.5, 0.6) is 5.75 Å². The van der Waals surface area contributed by atoms with Crippen molar-refractivity contribution in [2.75, 3.05) is 13.2 Å². The summed E-state index contributed by atoms with van der Waals surface area (Å²) in [6.07, 6.45) is -0.998. The van der Waals surface area contributed by atoms with E-state index in [2.05, 4.69) is 0 Å². The molecule has 0 atom stereocenters. The number of carbonyl (C=O) groups is 1. The van der Waals surface area contributed by atoms with E-state index in [0.717, 1.165) is 0 Å². The highest BCUT2D eigenvalue weighted by Gasteiger charge is 2.15. The van der Waals surface area contributed by atoms with Gasteiger partial charge in [0.15, 0.2) is 0 Å². The highest BCUT2D eigenvalue weighted by atomic mass is 16.6. The topological polar surface area (TPSA) is 92.9 Å². The van der Waals surface area contributed by atoms with Crippen molar-refractivity contribution in [3.8, 4) is 5.75 Å². The SMILES string of the molecule is CC(C)N(CCOc1ccc([N+](=O)[O-])cc1)C(=O)O. The van der Waals surface area contributed by atoms with Crippen LogP contribution in [-0.2, 0) is 0 Å². The lowest BCUT2D eigenvalue weighted by molar-refractivity contribution is -0.384. The maximum absolute atomic E-state index is 10.9. The molecule has 0 radical (unpaired) electrons. The summed E-state index contributed by atoms with van der Waals surface area (Å²) < 4.78 is 5.34. The molecule has 0 fully saturated rings. The number of hydrogen-bond acceptors (Lipinski definition) is 4. The van der Waals surface area contributed by atoms with E-state index < -0.39 is 11.0 Å². The fraction of sp³-hybridized carbons (Fsp3) is 0.417. The van der Waals surface area contributed by atoms with Gasteiger partial charge in [-0.05, 0) is 26.0 Å². The monoisotopic (exact) mass is 268 g/mol. The Hall–Kier alpha value is -2.31. The van der Waals surface area contributed by atoms with Gasteiger partial charge in [-0.2, -0.15) is 0 Å². The number of nitro groups is 1. The highest BCUT2D eigenvalue weighted by molar-refractivity contribution is 5.65. The van der Waals surface area contributed by atoms with Crippen molar-refractivity contribution in [2.24, 2.45) is 0 Å². The zero-order valence-corrected chi connectivity index (χ0v) is 10.8. The summed E-state index contributed by atoms with van der Waals surface area (Å²) in [6.45, 7) is 3.99. The van der Waals surface area contributed by atoms with E-state index in [0.29, 0.717) is 5.75 Å². The van der Waals surface area contributed by atoms with Gasteiger partial charge >= 0.3 is 6.09 Å². The van der Waals surface area contributed by atoms with Gasteiger partial charge in [0, 0.05) is 18.2 Å². The van der Waals surface area contributed by atoms with Crippen LogP contribution in [0.25, 0.3) is 0 Å². The van der Waals surface area contributed by atoms with Crippen LogP contribution in [0.4, 0.5) is 10.5 Å². The molecule has 1 rings (SSSR count). The molecule has 19 heavy (non-hydrogen) atoms. The number of hydrogen-bond donors (Lipinski definition) is 1. The first-order chi connectivity index (χ1) is 8.91. The summed E-state index contributed by atoms with van der Waals surface area (Å²) >= 11 is 0. The summed E-state index contributed by atoms with van der Waals surface area (Å²) in [5.74, 6) is 0.472. The second-order valence-corrected chi connectivity index (χ2v) is 4.17. The normalized spacial score (nSPS) is 10.3. The smallest absolute Gasteiger partial charge is 0.407 e. The molecule has 7 heteroatoms. The Morgan fingerprint density at radius 1 is 1.42 bits per heavy atom. The van der Waals surface area contributed by atoms with Crippen LogP contribution in [0.2, 0.25) is 0 Å². The van der Waals surface area contributed by atoms with Crippen LogP contribution in [0.15, 0.2) is 24.3 Å². The second kappa shape index (κ2) is 6.58. The van der Waals surface area contributed by atoms with E-state index in [1.165, 1.54) is 29.2 Å². The van der Waals surface area contributed by atoms with Crippen LogP contribution in [0.1, 0.15) is 13.8 Å². The number of amides is 1. The van der Waals surface area contributed by atoms with Crippen molar-refractivity contribution in [3.63, 3.8) is 0 Å². The Morgan fingerprint density at radius 3 is 2.42 bits per heavy atom. The Labute approximate surface area is 110 Å². The number of rotatable bonds is 6. The third kappa shape index (κ3) is 4.46. The fourth-order valence-electron chi connectivity index (χ4n) is 1.50. The van der Waals surface area contributed by atoms with Gasteiger partial charge in [0.25, 0.3) is 5.69 Å². The van der Waals surface area contributed by atoms with Gasteiger partial charge in [-0.1, -0.05) is 0 Å². The molecular formula is C12H16N2O5. The molecule has 0 aliphatic rings. The van der Waals surface area contributed by atoms with Crippen LogP contribution in [-0.4, -0.2) is 40.2 Å². The molecule has 0 unspecified atom stereocenters. The second-order valence-electron chi connectivity index (χ2n) is 4.17. The predicted octanol–water partition coefficient (Wildman–Crippen LogP) is 2.36. The summed E-state index contributed by atoms with van der Waals surface area (Å²) in [4.78, 5) is 22.1. The van der Waals surface area contributed by atoms with Gasteiger partial charge in [-0.15, -0.1) is 0 Å². The average molecular weight is 268 g/mol. The molecule has 0 aliphatic carbocycles. The molecule has 0 heterocycles. The molecule has 1 aromatic carbocycles. The Kier molecular flexibility index (Phi) is 5.11. The van der Waals surface area contributed by atoms with Gasteiger partial charge in [0.05, 0.1) is 11.5 Å². The third-order valence-corrected chi connectivity index (χ3v) is 2.52. The zero-order valence-electron chi connectivity index (χ0n) is 10.8. The summed E-state index contributed by atoms with van der Waals surface area (Å²) in [6, 6.07) is 5.52. The van der Waals surface area contributed by atoms with Gasteiger partial charge in [-0.25, -0.2) is 4.79 Å². The van der Waals surface area contributed by atoms with Gasteiger partial charge < -0.3 is 14.7 Å². The van der Waals surface area contributed by atoms with Crippen molar-refractivity contribution in [2.45, 2.75) is 19.9 Å². The van der Waals surface area contributed by atoms with Crippen LogP contribution >= 0.6 is 0 Å². The Morgan fingerprint density at radius 2 is 2.00 bits per heavy atom.